The van der Waals surface area contributed by atoms with Crippen LogP contribution in [0.1, 0.15) is 6.42 Å². The van der Waals surface area contributed by atoms with Crippen LogP contribution in [-0.4, -0.2) is 61.5 Å². The quantitative estimate of drug-likeness (QED) is 0.596. The van der Waals surface area contributed by atoms with Gasteiger partial charge in [0.25, 0.3) is 0 Å². The minimum atomic E-state index is -0.418. The Bertz CT molecular complexity index is 165. The Kier molecular flexibility index (Phi) is 2.83. The fourth-order valence-corrected chi connectivity index (χ4v) is 1.78. The van der Waals surface area contributed by atoms with Gasteiger partial charge in [-0.05, 0) is 6.42 Å². The third-order valence-electron chi connectivity index (χ3n) is 2.91. The Hall–Kier alpha value is -0.160. The molecular weight excluding hydrogens is 168 g/mol. The first-order valence-electron chi connectivity index (χ1n) is 5.02. The molecular formula is C9H18N2O2. The first kappa shape index (κ1) is 9.40. The zero-order valence-electron chi connectivity index (χ0n) is 7.96. The number of β-amino-alcohol motifs (C(OH)–C–C–N with tert-alkyl or cyclic N) is 1. The molecule has 4 nitrogen and oxygen atoms in total. The molecule has 0 unspecified atom stereocenters. The highest BCUT2D eigenvalue weighted by molar-refractivity contribution is 4.93. The second-order valence-corrected chi connectivity index (χ2v) is 4.03. The summed E-state index contributed by atoms with van der Waals surface area (Å²) in [4.78, 5) is 2.36. The van der Waals surface area contributed by atoms with Crippen LogP contribution in [0.15, 0.2) is 0 Å². The second-order valence-electron chi connectivity index (χ2n) is 4.03. The maximum absolute atomic E-state index is 9.82. The van der Waals surface area contributed by atoms with Gasteiger partial charge in [-0.2, -0.15) is 0 Å². The van der Waals surface area contributed by atoms with Crippen molar-refractivity contribution in [3.8, 4) is 0 Å². The lowest BCUT2D eigenvalue weighted by Gasteiger charge is -2.39. The molecule has 0 bridgehead atoms. The molecule has 0 aromatic heterocycles. The SMILES string of the molecule is OC1(CCN2CCOCC2)CNC1. The summed E-state index contributed by atoms with van der Waals surface area (Å²) < 4.78 is 5.26. The first-order chi connectivity index (χ1) is 6.29. The van der Waals surface area contributed by atoms with Gasteiger partial charge in [0, 0.05) is 32.7 Å². The molecule has 4 heteroatoms. The fourth-order valence-electron chi connectivity index (χ4n) is 1.78. The number of rotatable bonds is 3. The standard InChI is InChI=1S/C9H18N2O2/c12-9(7-10-8-9)1-2-11-3-5-13-6-4-11/h10,12H,1-8H2. The Balaban J connectivity index is 1.66. The highest BCUT2D eigenvalue weighted by Gasteiger charge is 2.34. The van der Waals surface area contributed by atoms with E-state index in [4.69, 9.17) is 4.74 Å². The Morgan fingerprint density at radius 2 is 2.00 bits per heavy atom. The van der Waals surface area contributed by atoms with E-state index in [0.717, 1.165) is 52.4 Å². The number of nitrogens with zero attached hydrogens (tertiary/aromatic N) is 1. The number of hydrogen-bond donors (Lipinski definition) is 2. The highest BCUT2D eigenvalue weighted by Crippen LogP contribution is 2.16. The van der Waals surface area contributed by atoms with Crippen molar-refractivity contribution in [1.29, 1.82) is 0 Å². The van der Waals surface area contributed by atoms with Crippen LogP contribution >= 0.6 is 0 Å². The van der Waals surface area contributed by atoms with Gasteiger partial charge in [0.15, 0.2) is 0 Å². The van der Waals surface area contributed by atoms with E-state index in [-0.39, 0.29) is 0 Å². The molecule has 0 saturated carbocycles. The predicted octanol–water partition coefficient (Wildman–Crippen LogP) is -0.957. The van der Waals surface area contributed by atoms with E-state index in [9.17, 15) is 5.11 Å². The molecule has 2 aliphatic heterocycles. The molecule has 0 aliphatic carbocycles. The zero-order chi connectivity index (χ0) is 9.15. The van der Waals surface area contributed by atoms with Crippen LogP contribution < -0.4 is 5.32 Å². The van der Waals surface area contributed by atoms with Crippen LogP contribution in [-0.2, 0) is 4.74 Å². The first-order valence-corrected chi connectivity index (χ1v) is 5.02. The second kappa shape index (κ2) is 3.92. The lowest BCUT2D eigenvalue weighted by Crippen LogP contribution is -2.60. The lowest BCUT2D eigenvalue weighted by molar-refractivity contribution is -0.0338. The summed E-state index contributed by atoms with van der Waals surface area (Å²) in [5, 5.41) is 12.9. The number of ether oxygens (including phenoxy) is 1. The van der Waals surface area contributed by atoms with Crippen molar-refractivity contribution >= 4 is 0 Å². The van der Waals surface area contributed by atoms with Gasteiger partial charge in [0.1, 0.15) is 0 Å². The van der Waals surface area contributed by atoms with Crippen LogP contribution in [0.2, 0.25) is 0 Å². The van der Waals surface area contributed by atoms with Crippen molar-refractivity contribution in [3.05, 3.63) is 0 Å². The summed E-state index contributed by atoms with van der Waals surface area (Å²) in [5.41, 5.74) is -0.418. The zero-order valence-corrected chi connectivity index (χ0v) is 7.96. The smallest absolute Gasteiger partial charge is 0.0907 e. The van der Waals surface area contributed by atoms with Gasteiger partial charge < -0.3 is 15.2 Å². The summed E-state index contributed by atoms with van der Waals surface area (Å²) >= 11 is 0. The van der Waals surface area contributed by atoms with Gasteiger partial charge in [-0.3, -0.25) is 4.90 Å². The Morgan fingerprint density at radius 3 is 2.54 bits per heavy atom. The van der Waals surface area contributed by atoms with Gasteiger partial charge >= 0.3 is 0 Å². The minimum Gasteiger partial charge on any atom is -0.387 e. The van der Waals surface area contributed by atoms with Crippen LogP contribution in [0.4, 0.5) is 0 Å². The van der Waals surface area contributed by atoms with Crippen molar-refractivity contribution < 1.29 is 9.84 Å². The van der Waals surface area contributed by atoms with Crippen LogP contribution in [0, 0.1) is 0 Å². The Labute approximate surface area is 78.9 Å². The number of nitrogens with one attached hydrogen (secondary N) is 1. The predicted molar refractivity (Wildman–Crippen MR) is 49.7 cm³/mol. The van der Waals surface area contributed by atoms with E-state index < -0.39 is 5.60 Å². The van der Waals surface area contributed by atoms with Crippen LogP contribution in [0.5, 0.6) is 0 Å². The van der Waals surface area contributed by atoms with Gasteiger partial charge in [-0.25, -0.2) is 0 Å². The lowest BCUT2D eigenvalue weighted by atomic mass is 9.93. The maximum atomic E-state index is 9.82. The van der Waals surface area contributed by atoms with E-state index >= 15 is 0 Å². The molecule has 0 radical (unpaired) electrons. The van der Waals surface area contributed by atoms with Crippen molar-refractivity contribution in [3.63, 3.8) is 0 Å². The maximum Gasteiger partial charge on any atom is 0.0907 e. The topological polar surface area (TPSA) is 44.7 Å². The van der Waals surface area contributed by atoms with Gasteiger partial charge in [0.05, 0.1) is 18.8 Å². The summed E-state index contributed by atoms with van der Waals surface area (Å²) in [5.74, 6) is 0. The molecule has 2 rings (SSSR count). The molecule has 2 N–H and O–H groups in total. The van der Waals surface area contributed by atoms with Gasteiger partial charge in [0.2, 0.25) is 0 Å². The monoisotopic (exact) mass is 186 g/mol. The number of morpholine rings is 1. The number of aliphatic hydroxyl groups is 1. The number of hydrogen-bond acceptors (Lipinski definition) is 4. The summed E-state index contributed by atoms with van der Waals surface area (Å²) in [7, 11) is 0. The summed E-state index contributed by atoms with van der Waals surface area (Å²) in [6.07, 6.45) is 0.889. The van der Waals surface area contributed by atoms with Crippen LogP contribution in [0.3, 0.4) is 0 Å². The Morgan fingerprint density at radius 1 is 1.31 bits per heavy atom. The van der Waals surface area contributed by atoms with E-state index in [2.05, 4.69) is 10.2 Å². The van der Waals surface area contributed by atoms with Crippen LogP contribution in [0.25, 0.3) is 0 Å². The van der Waals surface area contributed by atoms with Gasteiger partial charge in [-0.1, -0.05) is 0 Å². The van der Waals surface area contributed by atoms with Crippen molar-refractivity contribution in [2.75, 3.05) is 45.9 Å². The molecule has 2 aliphatic rings. The average Bonchev–Trinajstić information content (AvgIpc) is 2.13. The average molecular weight is 186 g/mol. The molecule has 0 aromatic carbocycles. The molecule has 0 spiro atoms. The molecule has 2 heterocycles. The molecule has 13 heavy (non-hydrogen) atoms. The summed E-state index contributed by atoms with van der Waals surface area (Å²) in [6.45, 7) is 6.25. The third kappa shape index (κ3) is 2.40. The van der Waals surface area contributed by atoms with E-state index in [1.165, 1.54) is 0 Å². The molecule has 0 atom stereocenters. The molecule has 2 fully saturated rings. The van der Waals surface area contributed by atoms with E-state index in [1.54, 1.807) is 0 Å². The summed E-state index contributed by atoms with van der Waals surface area (Å²) in [6, 6.07) is 0. The van der Waals surface area contributed by atoms with Gasteiger partial charge in [-0.15, -0.1) is 0 Å². The third-order valence-corrected chi connectivity index (χ3v) is 2.91. The normalized spacial score (nSPS) is 28.4. The van der Waals surface area contributed by atoms with Crippen molar-refractivity contribution in [2.45, 2.75) is 12.0 Å². The fraction of sp³-hybridized carbons (Fsp3) is 1.00. The van der Waals surface area contributed by atoms with E-state index in [0.29, 0.717) is 0 Å². The highest BCUT2D eigenvalue weighted by atomic mass is 16.5. The van der Waals surface area contributed by atoms with Crippen molar-refractivity contribution in [1.82, 2.24) is 10.2 Å². The minimum absolute atomic E-state index is 0.418. The van der Waals surface area contributed by atoms with Crippen molar-refractivity contribution in [2.24, 2.45) is 0 Å². The van der Waals surface area contributed by atoms with E-state index in [1.807, 2.05) is 0 Å². The largest absolute Gasteiger partial charge is 0.387 e. The molecule has 0 amide bonds. The molecule has 0 aromatic rings. The molecule has 2 saturated heterocycles. The molecule has 76 valence electrons.